The molecule has 2 aliphatic rings. The number of nitrogens with zero attached hydrogens (tertiary/aromatic N) is 1. The van der Waals surface area contributed by atoms with E-state index in [1.54, 1.807) is 6.07 Å². The van der Waals surface area contributed by atoms with Gasteiger partial charge in [-0.05, 0) is 30.7 Å². The number of aromatic nitrogens is 1. The van der Waals surface area contributed by atoms with Gasteiger partial charge in [0.15, 0.2) is 5.78 Å². The van der Waals surface area contributed by atoms with E-state index in [1.807, 2.05) is 13.8 Å². The number of hydrogen-bond donors (Lipinski definition) is 0. The summed E-state index contributed by atoms with van der Waals surface area (Å²) in [7, 11) is 0. The highest BCUT2D eigenvalue weighted by atomic mass is 19.4. The first-order chi connectivity index (χ1) is 8.66. The number of alkyl halides is 3. The maximum absolute atomic E-state index is 13.2. The first-order valence-electron chi connectivity index (χ1n) is 6.47. The number of halogens is 3. The molecule has 1 saturated carbocycles. The van der Waals surface area contributed by atoms with Crippen molar-refractivity contribution in [1.82, 2.24) is 4.57 Å². The minimum Gasteiger partial charge on any atom is -0.336 e. The van der Waals surface area contributed by atoms with Crippen LogP contribution in [0.25, 0.3) is 0 Å². The van der Waals surface area contributed by atoms with Crippen LogP contribution in [0.3, 0.4) is 0 Å². The molecular weight excluding hydrogens is 255 g/mol. The van der Waals surface area contributed by atoms with Crippen molar-refractivity contribution in [3.05, 3.63) is 23.5 Å². The molecule has 0 atom stereocenters. The molecule has 2 nitrogen and oxygen atoms in total. The fraction of sp³-hybridized carbons (Fsp3) is 0.643. The molecule has 2 aliphatic carbocycles. The molecule has 1 fully saturated rings. The van der Waals surface area contributed by atoms with Gasteiger partial charge in [0, 0.05) is 23.9 Å². The molecule has 104 valence electrons. The monoisotopic (exact) mass is 271 g/mol. The lowest BCUT2D eigenvalue weighted by atomic mass is 9.76. The fourth-order valence-corrected chi connectivity index (χ4v) is 3.13. The van der Waals surface area contributed by atoms with Crippen molar-refractivity contribution in [3.8, 4) is 0 Å². The second kappa shape index (κ2) is 3.44. The molecule has 0 amide bonds. The van der Waals surface area contributed by atoms with E-state index >= 15 is 0 Å². The fourth-order valence-electron chi connectivity index (χ4n) is 3.13. The Morgan fingerprint density at radius 2 is 1.84 bits per heavy atom. The highest BCUT2D eigenvalue weighted by Crippen LogP contribution is 2.57. The summed E-state index contributed by atoms with van der Waals surface area (Å²) in [4.78, 5) is 12.0. The number of carbonyl (C=O) groups is 1. The van der Waals surface area contributed by atoms with Crippen LogP contribution in [0.4, 0.5) is 13.2 Å². The van der Waals surface area contributed by atoms with Crippen LogP contribution in [0.15, 0.2) is 12.3 Å². The van der Waals surface area contributed by atoms with E-state index < -0.39 is 11.7 Å². The van der Waals surface area contributed by atoms with Crippen molar-refractivity contribution in [3.63, 3.8) is 0 Å². The maximum Gasteiger partial charge on any atom is 0.411 e. The summed E-state index contributed by atoms with van der Waals surface area (Å²) < 4.78 is 41.0. The molecule has 1 aromatic rings. The quantitative estimate of drug-likeness (QED) is 0.763. The normalized spacial score (nSPS) is 24.2. The molecule has 0 unspecified atom stereocenters. The van der Waals surface area contributed by atoms with Gasteiger partial charge in [0.1, 0.15) is 5.54 Å². The molecule has 0 aromatic carbocycles. The minimum absolute atomic E-state index is 0.0389. The number of Topliss-reactive ketones (excluding diaryl/α,β-unsaturated/α-hetero) is 1. The van der Waals surface area contributed by atoms with Gasteiger partial charge in [0.2, 0.25) is 0 Å². The highest BCUT2D eigenvalue weighted by Gasteiger charge is 2.65. The van der Waals surface area contributed by atoms with Gasteiger partial charge in [0.25, 0.3) is 0 Å². The second-order valence-electron chi connectivity index (χ2n) is 6.52. The molecule has 1 aromatic heterocycles. The third-order valence-electron chi connectivity index (χ3n) is 4.29. The van der Waals surface area contributed by atoms with Crippen molar-refractivity contribution in [2.75, 3.05) is 0 Å². The molecule has 0 bridgehead atoms. The second-order valence-corrected chi connectivity index (χ2v) is 6.52. The van der Waals surface area contributed by atoms with E-state index in [9.17, 15) is 18.0 Å². The van der Waals surface area contributed by atoms with Crippen LogP contribution in [0, 0.1) is 5.41 Å². The zero-order chi connectivity index (χ0) is 14.1. The zero-order valence-electron chi connectivity index (χ0n) is 11.0. The smallest absolute Gasteiger partial charge is 0.336 e. The van der Waals surface area contributed by atoms with Gasteiger partial charge >= 0.3 is 6.18 Å². The van der Waals surface area contributed by atoms with Crippen LogP contribution in [0.2, 0.25) is 0 Å². The number of hydrogen-bond acceptors (Lipinski definition) is 1. The van der Waals surface area contributed by atoms with E-state index in [-0.39, 0.29) is 24.0 Å². The van der Waals surface area contributed by atoms with E-state index in [0.717, 1.165) is 0 Å². The third-order valence-corrected chi connectivity index (χ3v) is 4.29. The Balaban J connectivity index is 2.10. The molecule has 0 radical (unpaired) electrons. The summed E-state index contributed by atoms with van der Waals surface area (Å²) >= 11 is 0. The number of ketones is 1. The topological polar surface area (TPSA) is 22.0 Å². The standard InChI is InChI=1S/C14H16F3NO/c1-12(2)7-10-9(11(19)8-12)3-6-18(10)13(4-5-13)14(15,16)17/h3,6H,4-5,7-8H2,1-2H3. The highest BCUT2D eigenvalue weighted by molar-refractivity contribution is 5.98. The Kier molecular flexibility index (Phi) is 2.31. The SMILES string of the molecule is CC1(C)CC(=O)c2ccn(C3(C(F)(F)F)CC3)c2C1. The lowest BCUT2D eigenvalue weighted by Crippen LogP contribution is -2.38. The summed E-state index contributed by atoms with van der Waals surface area (Å²) in [5, 5.41) is 0. The van der Waals surface area contributed by atoms with Crippen LogP contribution in [0.5, 0.6) is 0 Å². The molecule has 0 saturated heterocycles. The van der Waals surface area contributed by atoms with Crippen molar-refractivity contribution >= 4 is 5.78 Å². The Bertz CT molecular complexity index is 550. The van der Waals surface area contributed by atoms with Crippen molar-refractivity contribution in [1.29, 1.82) is 0 Å². The molecule has 19 heavy (non-hydrogen) atoms. The predicted molar refractivity (Wildman–Crippen MR) is 64.1 cm³/mol. The van der Waals surface area contributed by atoms with Crippen LogP contribution in [-0.2, 0) is 12.0 Å². The first-order valence-corrected chi connectivity index (χ1v) is 6.47. The van der Waals surface area contributed by atoms with E-state index in [4.69, 9.17) is 0 Å². The minimum atomic E-state index is -4.25. The molecule has 3 rings (SSSR count). The molecule has 0 spiro atoms. The average molecular weight is 271 g/mol. The number of rotatable bonds is 1. The zero-order valence-corrected chi connectivity index (χ0v) is 11.0. The molecule has 5 heteroatoms. The maximum atomic E-state index is 13.2. The van der Waals surface area contributed by atoms with E-state index in [1.165, 1.54) is 10.8 Å². The van der Waals surface area contributed by atoms with Gasteiger partial charge in [-0.15, -0.1) is 0 Å². The number of fused-ring (bicyclic) bond motifs is 1. The summed E-state index contributed by atoms with van der Waals surface area (Å²) in [6.45, 7) is 3.86. The molecule has 0 aliphatic heterocycles. The van der Waals surface area contributed by atoms with Crippen LogP contribution >= 0.6 is 0 Å². The van der Waals surface area contributed by atoms with E-state index in [0.29, 0.717) is 24.1 Å². The first kappa shape index (κ1) is 12.8. The third kappa shape index (κ3) is 1.74. The van der Waals surface area contributed by atoms with Crippen molar-refractivity contribution < 1.29 is 18.0 Å². The van der Waals surface area contributed by atoms with E-state index in [2.05, 4.69) is 0 Å². The van der Waals surface area contributed by atoms with Gasteiger partial charge in [-0.3, -0.25) is 4.79 Å². The Hall–Kier alpha value is -1.26. The lowest BCUT2D eigenvalue weighted by molar-refractivity contribution is -0.180. The molecule has 0 N–H and O–H groups in total. The van der Waals surface area contributed by atoms with Crippen LogP contribution in [0.1, 0.15) is 49.2 Å². The van der Waals surface area contributed by atoms with Gasteiger partial charge in [-0.1, -0.05) is 13.8 Å². The van der Waals surface area contributed by atoms with Crippen molar-refractivity contribution in [2.45, 2.75) is 51.2 Å². The van der Waals surface area contributed by atoms with Gasteiger partial charge in [-0.2, -0.15) is 13.2 Å². The Morgan fingerprint density at radius 1 is 1.21 bits per heavy atom. The lowest BCUT2D eigenvalue weighted by Gasteiger charge is -2.32. The van der Waals surface area contributed by atoms with Crippen LogP contribution < -0.4 is 0 Å². The molecule has 1 heterocycles. The predicted octanol–water partition coefficient (Wildman–Crippen LogP) is 3.69. The summed E-state index contributed by atoms with van der Waals surface area (Å²) in [6.07, 6.45) is -1.63. The molecular formula is C14H16F3NO. The van der Waals surface area contributed by atoms with Gasteiger partial charge < -0.3 is 4.57 Å². The largest absolute Gasteiger partial charge is 0.411 e. The Morgan fingerprint density at radius 3 is 2.37 bits per heavy atom. The summed E-state index contributed by atoms with van der Waals surface area (Å²) in [5.41, 5.74) is -0.971. The van der Waals surface area contributed by atoms with Crippen LogP contribution in [-0.4, -0.2) is 16.5 Å². The van der Waals surface area contributed by atoms with Gasteiger partial charge in [-0.25, -0.2) is 0 Å². The number of carbonyl (C=O) groups excluding carboxylic acids is 1. The Labute approximate surface area is 109 Å². The van der Waals surface area contributed by atoms with Crippen molar-refractivity contribution in [2.24, 2.45) is 5.41 Å². The average Bonchev–Trinajstić information content (AvgIpc) is 2.93. The summed E-state index contributed by atoms with van der Waals surface area (Å²) in [5.74, 6) is -0.0389. The summed E-state index contributed by atoms with van der Waals surface area (Å²) in [6, 6.07) is 1.55. The van der Waals surface area contributed by atoms with Gasteiger partial charge in [0.05, 0.1) is 0 Å².